The van der Waals surface area contributed by atoms with Crippen molar-refractivity contribution in [3.63, 3.8) is 0 Å². The summed E-state index contributed by atoms with van der Waals surface area (Å²) >= 11 is 0. The first-order chi connectivity index (χ1) is 7.56. The van der Waals surface area contributed by atoms with Crippen LogP contribution in [0, 0.1) is 5.92 Å². The van der Waals surface area contributed by atoms with Gasteiger partial charge < -0.3 is 16.4 Å². The van der Waals surface area contributed by atoms with E-state index in [0.717, 1.165) is 31.7 Å². The van der Waals surface area contributed by atoms with Gasteiger partial charge in [0.15, 0.2) is 0 Å². The highest BCUT2D eigenvalue weighted by atomic mass is 16.2. The van der Waals surface area contributed by atoms with E-state index in [1.54, 1.807) is 0 Å². The van der Waals surface area contributed by atoms with Crippen LogP contribution in [0.15, 0.2) is 0 Å². The molecule has 1 fully saturated rings. The molecule has 0 aromatic rings. The molecule has 1 rings (SSSR count). The maximum absolute atomic E-state index is 11.4. The second kappa shape index (κ2) is 6.09. The largest absolute Gasteiger partial charge is 0.338 e. The fourth-order valence-corrected chi connectivity index (χ4v) is 2.07. The second-order valence-electron chi connectivity index (χ2n) is 5.15. The van der Waals surface area contributed by atoms with Crippen LogP contribution in [-0.2, 0) is 0 Å². The normalized spacial score (nSPS) is 29.8. The fourth-order valence-electron chi connectivity index (χ4n) is 2.07. The molecule has 0 unspecified atom stereocenters. The summed E-state index contributed by atoms with van der Waals surface area (Å²) in [7, 11) is 0. The molecular weight excluding hydrogens is 202 g/mol. The third-order valence-corrected chi connectivity index (χ3v) is 3.41. The fraction of sp³-hybridized carbons (Fsp3) is 0.917. The van der Waals surface area contributed by atoms with Crippen LogP contribution < -0.4 is 16.4 Å². The molecule has 4 heteroatoms. The first-order valence-electron chi connectivity index (χ1n) is 6.36. The van der Waals surface area contributed by atoms with E-state index >= 15 is 0 Å². The summed E-state index contributed by atoms with van der Waals surface area (Å²) in [4.78, 5) is 11.4. The van der Waals surface area contributed by atoms with E-state index in [1.165, 1.54) is 12.8 Å². The van der Waals surface area contributed by atoms with Crippen molar-refractivity contribution in [1.82, 2.24) is 10.6 Å². The SMILES string of the molecule is CCCNC(=O)NCC1(N)CCC(C)CC1. The van der Waals surface area contributed by atoms with Crippen molar-refractivity contribution in [3.05, 3.63) is 0 Å². The minimum atomic E-state index is -0.184. The highest BCUT2D eigenvalue weighted by molar-refractivity contribution is 5.73. The Morgan fingerprint density at radius 2 is 2.00 bits per heavy atom. The minimum absolute atomic E-state index is 0.0923. The summed E-state index contributed by atoms with van der Waals surface area (Å²) < 4.78 is 0. The molecule has 0 aromatic heterocycles. The third kappa shape index (κ3) is 4.39. The Labute approximate surface area is 98.3 Å². The van der Waals surface area contributed by atoms with Crippen LogP contribution in [0.25, 0.3) is 0 Å². The lowest BCUT2D eigenvalue weighted by atomic mass is 9.78. The molecule has 1 saturated carbocycles. The number of carbonyl (C=O) groups is 1. The van der Waals surface area contributed by atoms with Crippen LogP contribution in [0.3, 0.4) is 0 Å². The topological polar surface area (TPSA) is 67.2 Å². The van der Waals surface area contributed by atoms with Gasteiger partial charge in [0.05, 0.1) is 0 Å². The number of hydrogen-bond acceptors (Lipinski definition) is 2. The molecule has 2 amide bonds. The maximum Gasteiger partial charge on any atom is 0.314 e. The van der Waals surface area contributed by atoms with Gasteiger partial charge in [-0.1, -0.05) is 13.8 Å². The van der Waals surface area contributed by atoms with Crippen molar-refractivity contribution in [2.45, 2.75) is 51.5 Å². The summed E-state index contributed by atoms with van der Waals surface area (Å²) in [6.45, 7) is 5.61. The van der Waals surface area contributed by atoms with Crippen molar-refractivity contribution in [2.24, 2.45) is 11.7 Å². The van der Waals surface area contributed by atoms with Gasteiger partial charge >= 0.3 is 6.03 Å². The van der Waals surface area contributed by atoms with Gasteiger partial charge in [-0.3, -0.25) is 0 Å². The molecule has 0 atom stereocenters. The van der Waals surface area contributed by atoms with Gasteiger partial charge in [-0.2, -0.15) is 0 Å². The quantitative estimate of drug-likeness (QED) is 0.683. The van der Waals surface area contributed by atoms with Gasteiger partial charge in [-0.05, 0) is 38.0 Å². The predicted octanol–water partition coefficient (Wildman–Crippen LogP) is 1.60. The monoisotopic (exact) mass is 227 g/mol. The Morgan fingerprint density at radius 1 is 1.38 bits per heavy atom. The van der Waals surface area contributed by atoms with Crippen molar-refractivity contribution in [3.8, 4) is 0 Å². The average Bonchev–Trinajstić information content (AvgIpc) is 2.28. The number of rotatable bonds is 4. The van der Waals surface area contributed by atoms with Crippen LogP contribution in [0.1, 0.15) is 46.0 Å². The molecule has 4 N–H and O–H groups in total. The second-order valence-corrected chi connectivity index (χ2v) is 5.15. The van der Waals surface area contributed by atoms with E-state index in [4.69, 9.17) is 5.73 Å². The van der Waals surface area contributed by atoms with Crippen LogP contribution in [0.2, 0.25) is 0 Å². The van der Waals surface area contributed by atoms with Gasteiger partial charge in [0.25, 0.3) is 0 Å². The first-order valence-corrected chi connectivity index (χ1v) is 6.36. The average molecular weight is 227 g/mol. The predicted molar refractivity (Wildman–Crippen MR) is 66.2 cm³/mol. The summed E-state index contributed by atoms with van der Waals surface area (Å²) in [5.74, 6) is 0.783. The number of nitrogens with two attached hydrogens (primary N) is 1. The summed E-state index contributed by atoms with van der Waals surface area (Å²) in [5.41, 5.74) is 6.07. The molecule has 0 spiro atoms. The maximum atomic E-state index is 11.4. The first kappa shape index (κ1) is 13.3. The molecule has 4 nitrogen and oxygen atoms in total. The highest BCUT2D eigenvalue weighted by Crippen LogP contribution is 2.29. The highest BCUT2D eigenvalue weighted by Gasteiger charge is 2.30. The molecule has 94 valence electrons. The molecule has 16 heavy (non-hydrogen) atoms. The van der Waals surface area contributed by atoms with Crippen molar-refractivity contribution >= 4 is 6.03 Å². The standard InChI is InChI=1S/C12H25N3O/c1-3-8-14-11(16)15-9-12(13)6-4-10(2)5-7-12/h10H,3-9,13H2,1-2H3,(H2,14,15,16). The smallest absolute Gasteiger partial charge is 0.314 e. The summed E-state index contributed by atoms with van der Waals surface area (Å²) in [5, 5.41) is 5.66. The summed E-state index contributed by atoms with van der Waals surface area (Å²) in [6, 6.07) is -0.0923. The number of hydrogen-bond donors (Lipinski definition) is 3. The van der Waals surface area contributed by atoms with E-state index < -0.39 is 0 Å². The van der Waals surface area contributed by atoms with Crippen molar-refractivity contribution in [2.75, 3.05) is 13.1 Å². The number of urea groups is 1. The van der Waals surface area contributed by atoms with Gasteiger partial charge in [0, 0.05) is 18.6 Å². The van der Waals surface area contributed by atoms with Crippen molar-refractivity contribution < 1.29 is 4.79 Å². The lowest BCUT2D eigenvalue weighted by Crippen LogP contribution is -2.53. The number of nitrogens with one attached hydrogen (secondary N) is 2. The Morgan fingerprint density at radius 3 is 2.56 bits per heavy atom. The van der Waals surface area contributed by atoms with E-state index in [0.29, 0.717) is 6.54 Å². The molecule has 1 aliphatic carbocycles. The molecule has 0 bridgehead atoms. The van der Waals surface area contributed by atoms with E-state index in [-0.39, 0.29) is 11.6 Å². The Bertz CT molecular complexity index is 222. The number of amides is 2. The van der Waals surface area contributed by atoms with Gasteiger partial charge in [0.2, 0.25) is 0 Å². The van der Waals surface area contributed by atoms with Crippen molar-refractivity contribution in [1.29, 1.82) is 0 Å². The van der Waals surface area contributed by atoms with Gasteiger partial charge in [-0.15, -0.1) is 0 Å². The molecule has 0 aromatic carbocycles. The zero-order valence-corrected chi connectivity index (χ0v) is 10.5. The zero-order chi connectivity index (χ0) is 12.0. The molecule has 1 aliphatic rings. The molecule has 0 saturated heterocycles. The van der Waals surface area contributed by atoms with Crippen LogP contribution >= 0.6 is 0 Å². The van der Waals surface area contributed by atoms with Crippen LogP contribution in [0.5, 0.6) is 0 Å². The molecular formula is C12H25N3O. The Hall–Kier alpha value is -0.770. The van der Waals surface area contributed by atoms with Crippen LogP contribution in [0.4, 0.5) is 4.79 Å². The van der Waals surface area contributed by atoms with Gasteiger partial charge in [0.1, 0.15) is 0 Å². The lowest BCUT2D eigenvalue weighted by Gasteiger charge is -2.36. The van der Waals surface area contributed by atoms with Crippen LogP contribution in [-0.4, -0.2) is 24.7 Å². The third-order valence-electron chi connectivity index (χ3n) is 3.41. The van der Waals surface area contributed by atoms with E-state index in [9.17, 15) is 4.79 Å². The van der Waals surface area contributed by atoms with E-state index in [2.05, 4.69) is 17.6 Å². The van der Waals surface area contributed by atoms with Gasteiger partial charge in [-0.25, -0.2) is 4.79 Å². The molecule has 0 radical (unpaired) electrons. The molecule has 0 heterocycles. The Balaban J connectivity index is 2.23. The number of carbonyl (C=O) groups excluding carboxylic acids is 1. The Kier molecular flexibility index (Phi) is 5.06. The minimum Gasteiger partial charge on any atom is -0.338 e. The molecule has 0 aliphatic heterocycles. The lowest BCUT2D eigenvalue weighted by molar-refractivity contribution is 0.219. The summed E-state index contributed by atoms with van der Waals surface area (Å²) in [6.07, 6.45) is 5.34. The zero-order valence-electron chi connectivity index (χ0n) is 10.5. The van der Waals surface area contributed by atoms with E-state index in [1.807, 2.05) is 6.92 Å².